The van der Waals surface area contributed by atoms with Crippen molar-refractivity contribution < 1.29 is 19.1 Å². The van der Waals surface area contributed by atoms with Crippen LogP contribution in [-0.4, -0.2) is 25.2 Å². The third-order valence-corrected chi connectivity index (χ3v) is 4.11. The second-order valence-electron chi connectivity index (χ2n) is 5.01. The van der Waals surface area contributed by atoms with Crippen LogP contribution in [0.5, 0.6) is 11.5 Å². The Morgan fingerprint density at radius 3 is 2.70 bits per heavy atom. The topological polar surface area (TPSA) is 76.7 Å². The molecule has 3 rings (SSSR count). The lowest BCUT2D eigenvalue weighted by Crippen LogP contribution is -2.40. The van der Waals surface area contributed by atoms with Crippen LogP contribution < -0.4 is 20.1 Å². The molecule has 1 aromatic heterocycles. The molecule has 0 radical (unpaired) electrons. The Balaban J connectivity index is 1.42. The van der Waals surface area contributed by atoms with E-state index in [2.05, 4.69) is 10.6 Å². The molecule has 0 saturated heterocycles. The lowest BCUT2D eigenvalue weighted by atomic mass is 10.2. The SMILES string of the molecule is O=C(NCCc1ccsc1)C(=O)NCc1ccc2c(c1)OCO2. The largest absolute Gasteiger partial charge is 0.454 e. The maximum Gasteiger partial charge on any atom is 0.309 e. The molecular weight excluding hydrogens is 316 g/mol. The van der Waals surface area contributed by atoms with Gasteiger partial charge in [0.25, 0.3) is 0 Å². The minimum Gasteiger partial charge on any atom is -0.454 e. The van der Waals surface area contributed by atoms with Crippen LogP contribution in [0.2, 0.25) is 0 Å². The highest BCUT2D eigenvalue weighted by Gasteiger charge is 2.15. The summed E-state index contributed by atoms with van der Waals surface area (Å²) in [6.07, 6.45) is 0.713. The fourth-order valence-corrected chi connectivity index (χ4v) is 2.85. The number of carbonyl (C=O) groups excluding carboxylic acids is 2. The second-order valence-corrected chi connectivity index (χ2v) is 5.79. The summed E-state index contributed by atoms with van der Waals surface area (Å²) in [5.74, 6) is 0.0668. The van der Waals surface area contributed by atoms with Crippen molar-refractivity contribution in [1.82, 2.24) is 10.6 Å². The Hall–Kier alpha value is -2.54. The zero-order chi connectivity index (χ0) is 16.1. The van der Waals surface area contributed by atoms with Crippen molar-refractivity contribution in [3.63, 3.8) is 0 Å². The third-order valence-electron chi connectivity index (χ3n) is 3.38. The van der Waals surface area contributed by atoms with Gasteiger partial charge in [-0.15, -0.1) is 0 Å². The van der Waals surface area contributed by atoms with Crippen molar-refractivity contribution in [2.75, 3.05) is 13.3 Å². The molecule has 7 heteroatoms. The van der Waals surface area contributed by atoms with Gasteiger partial charge in [-0.1, -0.05) is 6.07 Å². The molecule has 2 N–H and O–H groups in total. The van der Waals surface area contributed by atoms with E-state index in [1.807, 2.05) is 22.9 Å². The monoisotopic (exact) mass is 332 g/mol. The molecule has 6 nitrogen and oxygen atoms in total. The van der Waals surface area contributed by atoms with E-state index in [0.29, 0.717) is 24.5 Å². The predicted octanol–water partition coefficient (Wildman–Crippen LogP) is 1.45. The van der Waals surface area contributed by atoms with Gasteiger partial charge in [-0.25, -0.2) is 0 Å². The van der Waals surface area contributed by atoms with E-state index >= 15 is 0 Å². The van der Waals surface area contributed by atoms with Crippen molar-refractivity contribution >= 4 is 23.2 Å². The Morgan fingerprint density at radius 1 is 1.04 bits per heavy atom. The van der Waals surface area contributed by atoms with Crippen LogP contribution >= 0.6 is 11.3 Å². The molecule has 0 aliphatic carbocycles. The molecule has 1 aliphatic heterocycles. The van der Waals surface area contributed by atoms with Gasteiger partial charge in [-0.05, 0) is 46.5 Å². The predicted molar refractivity (Wildman–Crippen MR) is 85.4 cm³/mol. The lowest BCUT2D eigenvalue weighted by molar-refractivity contribution is -0.139. The molecule has 0 fully saturated rings. The maximum atomic E-state index is 11.8. The highest BCUT2D eigenvalue weighted by atomic mass is 32.1. The molecule has 2 aromatic rings. The van der Waals surface area contributed by atoms with Crippen molar-refractivity contribution in [3.05, 3.63) is 46.2 Å². The number of amides is 2. The molecule has 120 valence electrons. The van der Waals surface area contributed by atoms with E-state index in [4.69, 9.17) is 9.47 Å². The normalized spacial score (nSPS) is 12.0. The maximum absolute atomic E-state index is 11.8. The molecular formula is C16H16N2O4S. The van der Waals surface area contributed by atoms with E-state index in [0.717, 1.165) is 11.1 Å². The Labute approximate surface area is 137 Å². The van der Waals surface area contributed by atoms with E-state index in [-0.39, 0.29) is 13.3 Å². The summed E-state index contributed by atoms with van der Waals surface area (Å²) in [5.41, 5.74) is 1.99. The summed E-state index contributed by atoms with van der Waals surface area (Å²) in [4.78, 5) is 23.5. The first-order valence-corrected chi connectivity index (χ1v) is 8.12. The summed E-state index contributed by atoms with van der Waals surface area (Å²) in [7, 11) is 0. The van der Waals surface area contributed by atoms with Crippen molar-refractivity contribution in [2.45, 2.75) is 13.0 Å². The molecule has 0 atom stereocenters. The van der Waals surface area contributed by atoms with Crippen molar-refractivity contribution in [3.8, 4) is 11.5 Å². The average molecular weight is 332 g/mol. The zero-order valence-corrected chi connectivity index (χ0v) is 13.2. The number of hydrogen-bond acceptors (Lipinski definition) is 5. The quantitative estimate of drug-likeness (QED) is 0.813. The van der Waals surface area contributed by atoms with E-state index in [9.17, 15) is 9.59 Å². The van der Waals surface area contributed by atoms with E-state index < -0.39 is 11.8 Å². The highest BCUT2D eigenvalue weighted by molar-refractivity contribution is 7.07. The third kappa shape index (κ3) is 4.01. The number of ether oxygens (including phenoxy) is 2. The molecule has 0 unspecified atom stereocenters. The van der Waals surface area contributed by atoms with Gasteiger partial charge in [0.05, 0.1) is 0 Å². The first-order valence-electron chi connectivity index (χ1n) is 7.18. The van der Waals surface area contributed by atoms with Crippen molar-refractivity contribution in [1.29, 1.82) is 0 Å². The number of carbonyl (C=O) groups is 2. The van der Waals surface area contributed by atoms with Crippen LogP contribution in [0.3, 0.4) is 0 Å². The number of fused-ring (bicyclic) bond motifs is 1. The number of nitrogens with one attached hydrogen (secondary N) is 2. The first kappa shape index (κ1) is 15.4. The number of rotatable bonds is 5. The van der Waals surface area contributed by atoms with Gasteiger partial charge in [0, 0.05) is 13.1 Å². The van der Waals surface area contributed by atoms with Gasteiger partial charge < -0.3 is 20.1 Å². The number of benzene rings is 1. The van der Waals surface area contributed by atoms with Crippen LogP contribution in [0, 0.1) is 0 Å². The molecule has 0 saturated carbocycles. The molecule has 0 bridgehead atoms. The van der Waals surface area contributed by atoms with Crippen LogP contribution in [0.1, 0.15) is 11.1 Å². The Bertz CT molecular complexity index is 700. The lowest BCUT2D eigenvalue weighted by Gasteiger charge is -2.07. The summed E-state index contributed by atoms with van der Waals surface area (Å²) in [6.45, 7) is 0.901. The Morgan fingerprint density at radius 2 is 1.87 bits per heavy atom. The second kappa shape index (κ2) is 7.15. The van der Waals surface area contributed by atoms with Gasteiger partial charge >= 0.3 is 11.8 Å². The number of thiophene rings is 1. The first-order chi connectivity index (χ1) is 11.2. The molecule has 1 aliphatic rings. The fraction of sp³-hybridized carbons (Fsp3) is 0.250. The molecule has 2 heterocycles. The smallest absolute Gasteiger partial charge is 0.309 e. The van der Waals surface area contributed by atoms with Gasteiger partial charge in [0.1, 0.15) is 0 Å². The van der Waals surface area contributed by atoms with Crippen LogP contribution in [0.15, 0.2) is 35.0 Å². The van der Waals surface area contributed by atoms with Crippen LogP contribution in [-0.2, 0) is 22.6 Å². The van der Waals surface area contributed by atoms with E-state index in [1.165, 1.54) is 0 Å². The standard InChI is InChI=1S/C16H16N2O4S/c19-15(17-5-3-11-4-6-23-9-11)16(20)18-8-12-1-2-13-14(7-12)22-10-21-13/h1-2,4,6-7,9H,3,5,8,10H2,(H,17,19)(H,18,20). The minimum absolute atomic E-state index is 0.206. The van der Waals surface area contributed by atoms with Gasteiger partial charge in [-0.2, -0.15) is 11.3 Å². The van der Waals surface area contributed by atoms with Crippen LogP contribution in [0.25, 0.3) is 0 Å². The molecule has 1 aromatic carbocycles. The molecule has 2 amide bonds. The Kier molecular flexibility index (Phi) is 4.77. The summed E-state index contributed by atoms with van der Waals surface area (Å²) >= 11 is 1.61. The van der Waals surface area contributed by atoms with Gasteiger partial charge in [0.2, 0.25) is 6.79 Å². The number of hydrogen-bond donors (Lipinski definition) is 2. The highest BCUT2D eigenvalue weighted by Crippen LogP contribution is 2.32. The minimum atomic E-state index is -0.645. The molecule has 0 spiro atoms. The summed E-state index contributed by atoms with van der Waals surface area (Å²) in [6, 6.07) is 7.39. The van der Waals surface area contributed by atoms with Crippen LogP contribution in [0.4, 0.5) is 0 Å². The van der Waals surface area contributed by atoms with Gasteiger partial charge in [0.15, 0.2) is 11.5 Å². The summed E-state index contributed by atoms with van der Waals surface area (Å²) < 4.78 is 10.5. The summed E-state index contributed by atoms with van der Waals surface area (Å²) in [5, 5.41) is 9.20. The van der Waals surface area contributed by atoms with Gasteiger partial charge in [-0.3, -0.25) is 9.59 Å². The van der Waals surface area contributed by atoms with E-state index in [1.54, 1.807) is 23.5 Å². The zero-order valence-electron chi connectivity index (χ0n) is 12.3. The van der Waals surface area contributed by atoms with Crippen molar-refractivity contribution in [2.24, 2.45) is 0 Å². The molecule has 23 heavy (non-hydrogen) atoms. The average Bonchev–Trinajstić information content (AvgIpc) is 3.23. The fourth-order valence-electron chi connectivity index (χ4n) is 2.15.